The lowest BCUT2D eigenvalue weighted by molar-refractivity contribution is 0.432. The Morgan fingerprint density at radius 1 is 1.53 bits per heavy atom. The number of pyridine rings is 1. The number of hydrogen-bond acceptors (Lipinski definition) is 3. The minimum atomic E-state index is -0.423. The van der Waals surface area contributed by atoms with Crippen LogP contribution >= 0.6 is 27.5 Å². The molecule has 0 bridgehead atoms. The molecule has 2 aromatic heterocycles. The van der Waals surface area contributed by atoms with Gasteiger partial charge in [0.15, 0.2) is 5.82 Å². The predicted molar refractivity (Wildman–Crippen MR) is 58.6 cm³/mol. The fraction of sp³-hybridized carbons (Fsp3) is 0. The maximum absolute atomic E-state index is 10.9. The molecule has 15 heavy (non-hydrogen) atoms. The van der Waals surface area contributed by atoms with Gasteiger partial charge in [-0.1, -0.05) is 11.6 Å². The zero-order chi connectivity index (χ0) is 11.0. The molecule has 2 N–H and O–H groups in total. The number of aromatic hydroxyl groups is 1. The first kappa shape index (κ1) is 10.3. The molecule has 0 saturated carbocycles. The SMILES string of the molecule is O=c1cc(O)n(-c2ncc(Br)cc2Cl)[nH]1. The van der Waals surface area contributed by atoms with Gasteiger partial charge in [-0.05, 0) is 22.0 Å². The molecule has 2 aromatic rings. The molecule has 0 amide bonds. The number of halogens is 2. The van der Waals surface area contributed by atoms with Crippen LogP contribution in [0.5, 0.6) is 5.88 Å². The van der Waals surface area contributed by atoms with Crippen molar-refractivity contribution < 1.29 is 5.11 Å². The molecule has 0 atom stereocenters. The second-order valence-corrected chi connectivity index (χ2v) is 4.10. The van der Waals surface area contributed by atoms with Gasteiger partial charge in [0.2, 0.25) is 5.88 Å². The van der Waals surface area contributed by atoms with E-state index >= 15 is 0 Å². The summed E-state index contributed by atoms with van der Waals surface area (Å²) in [5.74, 6) is 0.0242. The lowest BCUT2D eigenvalue weighted by atomic mass is 10.4. The van der Waals surface area contributed by atoms with Gasteiger partial charge in [-0.15, -0.1) is 0 Å². The quantitative estimate of drug-likeness (QED) is 0.839. The lowest BCUT2D eigenvalue weighted by Crippen LogP contribution is -2.05. The topological polar surface area (TPSA) is 70.9 Å². The zero-order valence-electron chi connectivity index (χ0n) is 7.24. The highest BCUT2D eigenvalue weighted by molar-refractivity contribution is 9.10. The average Bonchev–Trinajstić information content (AvgIpc) is 2.45. The molecule has 0 aliphatic rings. The van der Waals surface area contributed by atoms with Crippen LogP contribution in [0.4, 0.5) is 0 Å². The molecule has 0 unspecified atom stereocenters. The van der Waals surface area contributed by atoms with E-state index in [2.05, 4.69) is 26.0 Å². The summed E-state index contributed by atoms with van der Waals surface area (Å²) in [5.41, 5.74) is -0.423. The van der Waals surface area contributed by atoms with Crippen molar-refractivity contribution in [1.29, 1.82) is 0 Å². The zero-order valence-corrected chi connectivity index (χ0v) is 9.58. The van der Waals surface area contributed by atoms with Crippen molar-refractivity contribution in [3.63, 3.8) is 0 Å². The Bertz CT molecular complexity index is 563. The van der Waals surface area contributed by atoms with Crippen LogP contribution in [0.3, 0.4) is 0 Å². The Labute approximate surface area is 97.4 Å². The molecule has 78 valence electrons. The minimum Gasteiger partial charge on any atom is -0.493 e. The van der Waals surface area contributed by atoms with Crippen LogP contribution < -0.4 is 5.56 Å². The van der Waals surface area contributed by atoms with E-state index in [4.69, 9.17) is 11.6 Å². The van der Waals surface area contributed by atoms with E-state index in [1.165, 1.54) is 6.20 Å². The van der Waals surface area contributed by atoms with Crippen LogP contribution in [-0.2, 0) is 0 Å². The molecule has 0 fully saturated rings. The van der Waals surface area contributed by atoms with Gasteiger partial charge in [0.25, 0.3) is 5.56 Å². The summed E-state index contributed by atoms with van der Waals surface area (Å²) in [6, 6.07) is 2.65. The first-order valence-electron chi connectivity index (χ1n) is 3.90. The van der Waals surface area contributed by atoms with Gasteiger partial charge < -0.3 is 5.11 Å². The van der Waals surface area contributed by atoms with Crippen molar-refractivity contribution in [2.24, 2.45) is 0 Å². The van der Waals surface area contributed by atoms with E-state index in [1.807, 2.05) is 0 Å². The number of rotatable bonds is 1. The molecule has 5 nitrogen and oxygen atoms in total. The Morgan fingerprint density at radius 2 is 2.27 bits per heavy atom. The molecule has 2 rings (SSSR count). The van der Waals surface area contributed by atoms with Crippen molar-refractivity contribution in [3.8, 4) is 11.7 Å². The second kappa shape index (κ2) is 3.71. The maximum atomic E-state index is 10.9. The van der Waals surface area contributed by atoms with E-state index in [1.54, 1.807) is 6.07 Å². The summed E-state index contributed by atoms with van der Waals surface area (Å²) in [4.78, 5) is 14.9. The first-order valence-corrected chi connectivity index (χ1v) is 5.07. The fourth-order valence-corrected chi connectivity index (χ4v) is 1.83. The Morgan fingerprint density at radius 3 is 2.80 bits per heavy atom. The summed E-state index contributed by atoms with van der Waals surface area (Å²) < 4.78 is 1.82. The van der Waals surface area contributed by atoms with Crippen LogP contribution in [0.25, 0.3) is 5.82 Å². The normalized spacial score (nSPS) is 10.5. The molecular formula is C8H5BrClN3O2. The van der Waals surface area contributed by atoms with Gasteiger partial charge in [0.1, 0.15) is 0 Å². The Balaban J connectivity index is 2.64. The number of nitrogens with one attached hydrogen (secondary N) is 1. The highest BCUT2D eigenvalue weighted by Gasteiger charge is 2.10. The second-order valence-electron chi connectivity index (χ2n) is 2.77. The Kier molecular flexibility index (Phi) is 2.54. The fourth-order valence-electron chi connectivity index (χ4n) is 1.11. The van der Waals surface area contributed by atoms with Crippen LogP contribution in [0, 0.1) is 0 Å². The van der Waals surface area contributed by atoms with Crippen molar-refractivity contribution in [1.82, 2.24) is 14.8 Å². The predicted octanol–water partition coefficient (Wildman–Crippen LogP) is 1.68. The van der Waals surface area contributed by atoms with E-state index in [-0.39, 0.29) is 11.7 Å². The molecule has 0 aliphatic heterocycles. The highest BCUT2D eigenvalue weighted by Crippen LogP contribution is 2.23. The van der Waals surface area contributed by atoms with Crippen LogP contribution in [0.15, 0.2) is 27.6 Å². The molecule has 0 spiro atoms. The summed E-state index contributed by atoms with van der Waals surface area (Å²) in [7, 11) is 0. The molecule has 0 saturated heterocycles. The number of aromatic amines is 1. The first-order chi connectivity index (χ1) is 7.08. The smallest absolute Gasteiger partial charge is 0.268 e. The van der Waals surface area contributed by atoms with E-state index in [9.17, 15) is 9.90 Å². The number of H-pyrrole nitrogens is 1. The number of hydrogen-bond donors (Lipinski definition) is 2. The monoisotopic (exact) mass is 289 g/mol. The highest BCUT2D eigenvalue weighted by atomic mass is 79.9. The number of nitrogens with zero attached hydrogens (tertiary/aromatic N) is 2. The molecule has 2 heterocycles. The van der Waals surface area contributed by atoms with Gasteiger partial charge in [-0.3, -0.25) is 9.89 Å². The van der Waals surface area contributed by atoms with Crippen LogP contribution in [-0.4, -0.2) is 19.9 Å². The van der Waals surface area contributed by atoms with Gasteiger partial charge in [-0.2, -0.15) is 0 Å². The standard InChI is InChI=1S/C8H5BrClN3O2/c9-4-1-5(10)8(11-3-4)13-7(15)2-6(14)12-13/h1-3,15H,(H,12,14). The van der Waals surface area contributed by atoms with Crippen molar-refractivity contribution in [2.75, 3.05) is 0 Å². The molecule has 0 aliphatic carbocycles. The minimum absolute atomic E-state index is 0.239. The average molecular weight is 291 g/mol. The van der Waals surface area contributed by atoms with E-state index < -0.39 is 5.56 Å². The van der Waals surface area contributed by atoms with Crippen molar-refractivity contribution in [2.45, 2.75) is 0 Å². The van der Waals surface area contributed by atoms with Gasteiger partial charge in [-0.25, -0.2) is 9.67 Å². The molecule has 0 radical (unpaired) electrons. The summed E-state index contributed by atoms with van der Waals surface area (Å²) in [5, 5.41) is 12.1. The molecular weight excluding hydrogens is 285 g/mol. The maximum Gasteiger partial charge on any atom is 0.268 e. The molecule has 7 heteroatoms. The van der Waals surface area contributed by atoms with Gasteiger partial charge in [0, 0.05) is 10.7 Å². The largest absolute Gasteiger partial charge is 0.493 e. The summed E-state index contributed by atoms with van der Waals surface area (Å²) in [6.07, 6.45) is 1.51. The van der Waals surface area contributed by atoms with E-state index in [0.717, 1.165) is 10.7 Å². The van der Waals surface area contributed by atoms with E-state index in [0.29, 0.717) is 9.50 Å². The van der Waals surface area contributed by atoms with Gasteiger partial charge in [0.05, 0.1) is 11.1 Å². The number of aromatic nitrogens is 3. The van der Waals surface area contributed by atoms with Gasteiger partial charge >= 0.3 is 0 Å². The van der Waals surface area contributed by atoms with Crippen molar-refractivity contribution >= 4 is 27.5 Å². The Hall–Kier alpha value is -1.27. The summed E-state index contributed by atoms with van der Waals surface area (Å²) >= 11 is 9.10. The van der Waals surface area contributed by atoms with Crippen LogP contribution in [0.2, 0.25) is 5.02 Å². The third-order valence-electron chi connectivity index (χ3n) is 1.71. The van der Waals surface area contributed by atoms with Crippen LogP contribution in [0.1, 0.15) is 0 Å². The lowest BCUT2D eigenvalue weighted by Gasteiger charge is -2.04. The third-order valence-corrected chi connectivity index (χ3v) is 2.42. The third kappa shape index (κ3) is 1.91. The summed E-state index contributed by atoms with van der Waals surface area (Å²) in [6.45, 7) is 0. The molecule has 0 aromatic carbocycles. The van der Waals surface area contributed by atoms with Crippen molar-refractivity contribution in [3.05, 3.63) is 38.2 Å².